The number of rotatable bonds is 2. The van der Waals surface area contributed by atoms with Gasteiger partial charge in [0, 0.05) is 10.9 Å². The Morgan fingerprint density at radius 2 is 1.65 bits per heavy atom. The molecule has 0 fully saturated rings. The quantitative estimate of drug-likeness (QED) is 0.543. The Bertz CT molecular complexity index is 1020. The van der Waals surface area contributed by atoms with Gasteiger partial charge in [-0.05, 0) is 18.2 Å². The number of nitrogens with zero attached hydrogens (tertiary/aromatic N) is 2. The number of nitrogens with two attached hydrogens (primary N) is 2. The van der Waals surface area contributed by atoms with Gasteiger partial charge in [-0.3, -0.25) is 4.79 Å². The fourth-order valence-electron chi connectivity index (χ4n) is 2.62. The molecule has 0 bridgehead atoms. The molecule has 0 aliphatic carbocycles. The number of pyridine rings is 1. The number of guanidine groups is 1. The van der Waals surface area contributed by atoms with Crippen LogP contribution in [0.5, 0.6) is 0 Å². The van der Waals surface area contributed by atoms with Crippen molar-refractivity contribution in [2.75, 3.05) is 0 Å². The van der Waals surface area contributed by atoms with Crippen molar-refractivity contribution >= 4 is 22.8 Å². The summed E-state index contributed by atoms with van der Waals surface area (Å²) in [5, 5.41) is 0.440. The lowest BCUT2D eigenvalue weighted by atomic mass is 10.00. The van der Waals surface area contributed by atoms with Gasteiger partial charge >= 0.3 is 6.18 Å². The highest BCUT2D eigenvalue weighted by Gasteiger charge is 2.33. The lowest BCUT2D eigenvalue weighted by molar-refractivity contribution is -0.137. The van der Waals surface area contributed by atoms with Gasteiger partial charge in [0.25, 0.3) is 5.91 Å². The summed E-state index contributed by atoms with van der Waals surface area (Å²) < 4.78 is 40.0. The van der Waals surface area contributed by atoms with Gasteiger partial charge in [0.05, 0.1) is 22.3 Å². The first kappa shape index (κ1) is 17.4. The Hall–Kier alpha value is -3.42. The van der Waals surface area contributed by atoms with Gasteiger partial charge in [-0.2, -0.15) is 18.2 Å². The molecule has 0 saturated carbocycles. The highest BCUT2D eigenvalue weighted by atomic mass is 19.4. The number of aromatic nitrogens is 1. The molecule has 1 amide bonds. The smallest absolute Gasteiger partial charge is 0.370 e. The third-order valence-electron chi connectivity index (χ3n) is 3.69. The Morgan fingerprint density at radius 1 is 1.00 bits per heavy atom. The molecule has 4 N–H and O–H groups in total. The number of aliphatic imine (C=N–C) groups is 1. The highest BCUT2D eigenvalue weighted by molar-refractivity contribution is 6.10. The van der Waals surface area contributed by atoms with E-state index in [1.807, 2.05) is 0 Å². The number of hydrogen-bond acceptors (Lipinski definition) is 2. The van der Waals surface area contributed by atoms with Crippen molar-refractivity contribution in [2.45, 2.75) is 6.18 Å². The molecule has 0 radical (unpaired) electrons. The molecule has 26 heavy (non-hydrogen) atoms. The molecule has 0 atom stereocenters. The largest absolute Gasteiger partial charge is 0.417 e. The van der Waals surface area contributed by atoms with E-state index in [4.69, 9.17) is 11.5 Å². The molecular weight excluding hydrogens is 345 g/mol. The maximum absolute atomic E-state index is 13.3. The van der Waals surface area contributed by atoms with Gasteiger partial charge in [0.2, 0.25) is 0 Å². The van der Waals surface area contributed by atoms with Crippen LogP contribution in [0.15, 0.2) is 59.6 Å². The van der Waals surface area contributed by atoms with Crippen molar-refractivity contribution in [2.24, 2.45) is 16.5 Å². The number of para-hydroxylation sites is 1. The first-order valence-electron chi connectivity index (χ1n) is 7.47. The van der Waals surface area contributed by atoms with Crippen LogP contribution in [0.25, 0.3) is 22.2 Å². The predicted octanol–water partition coefficient (Wildman–Crippen LogP) is 3.33. The molecule has 0 aliphatic rings. The van der Waals surface area contributed by atoms with Crippen LogP contribution >= 0.6 is 0 Å². The van der Waals surface area contributed by atoms with Gasteiger partial charge in [-0.15, -0.1) is 0 Å². The minimum atomic E-state index is -4.56. The summed E-state index contributed by atoms with van der Waals surface area (Å²) in [4.78, 5) is 20.1. The first-order valence-corrected chi connectivity index (χ1v) is 7.47. The number of fused-ring (bicyclic) bond motifs is 1. The van der Waals surface area contributed by atoms with Crippen LogP contribution in [0, 0.1) is 0 Å². The van der Waals surface area contributed by atoms with Crippen LogP contribution in [-0.4, -0.2) is 16.9 Å². The van der Waals surface area contributed by atoms with E-state index in [0.29, 0.717) is 10.9 Å². The van der Waals surface area contributed by atoms with Crippen LogP contribution in [0.2, 0.25) is 0 Å². The number of benzene rings is 2. The van der Waals surface area contributed by atoms with E-state index in [2.05, 4.69) is 9.98 Å². The predicted molar refractivity (Wildman–Crippen MR) is 92.3 cm³/mol. The summed E-state index contributed by atoms with van der Waals surface area (Å²) in [6.45, 7) is 0. The summed E-state index contributed by atoms with van der Waals surface area (Å²) in [5.74, 6) is -1.19. The van der Waals surface area contributed by atoms with E-state index >= 15 is 0 Å². The number of alkyl halides is 3. The molecule has 1 heterocycles. The molecular formula is C18H13F3N4O. The molecule has 0 saturated heterocycles. The molecule has 1 aromatic heterocycles. The van der Waals surface area contributed by atoms with Crippen LogP contribution < -0.4 is 11.5 Å². The lowest BCUT2D eigenvalue weighted by Gasteiger charge is -2.13. The maximum atomic E-state index is 13.3. The molecule has 0 aliphatic heterocycles. The highest BCUT2D eigenvalue weighted by Crippen LogP contribution is 2.37. The van der Waals surface area contributed by atoms with Crippen molar-refractivity contribution in [3.8, 4) is 11.3 Å². The summed E-state index contributed by atoms with van der Waals surface area (Å²) >= 11 is 0. The second-order valence-electron chi connectivity index (χ2n) is 5.46. The minimum absolute atomic E-state index is 0.00534. The topological polar surface area (TPSA) is 94.4 Å². The zero-order valence-electron chi connectivity index (χ0n) is 13.3. The van der Waals surface area contributed by atoms with Crippen molar-refractivity contribution in [1.82, 2.24) is 4.98 Å². The molecule has 132 valence electrons. The third-order valence-corrected chi connectivity index (χ3v) is 3.69. The molecule has 3 rings (SSSR count). The molecule has 0 spiro atoms. The van der Waals surface area contributed by atoms with Gasteiger partial charge in [-0.25, -0.2) is 4.98 Å². The second-order valence-corrected chi connectivity index (χ2v) is 5.46. The number of hydrogen-bond donors (Lipinski definition) is 2. The Kier molecular flexibility index (Phi) is 4.33. The lowest BCUT2D eigenvalue weighted by Crippen LogP contribution is -2.24. The number of halogens is 3. The van der Waals surface area contributed by atoms with Crippen molar-refractivity contribution in [1.29, 1.82) is 0 Å². The SMILES string of the molecule is NC(N)=NC(=O)c1cc(-c2ccccc2C(F)(F)F)nc2ccccc12. The molecule has 3 aromatic rings. The van der Waals surface area contributed by atoms with E-state index in [1.54, 1.807) is 24.3 Å². The Labute approximate surface area is 146 Å². The standard InChI is InChI=1S/C18H13F3N4O/c19-18(20,21)13-7-3-1-6-11(13)15-9-12(16(26)25-17(22)23)10-5-2-4-8-14(10)24-15/h1-9H,(H4,22,23,25,26). The molecule has 0 unspecified atom stereocenters. The monoisotopic (exact) mass is 358 g/mol. The summed E-state index contributed by atoms with van der Waals surface area (Å²) in [5.41, 5.74) is 9.94. The fraction of sp³-hybridized carbons (Fsp3) is 0.0556. The van der Waals surface area contributed by atoms with Gasteiger partial charge in [0.15, 0.2) is 5.96 Å². The number of carbonyl (C=O) groups is 1. The molecule has 8 heteroatoms. The fourth-order valence-corrected chi connectivity index (χ4v) is 2.62. The van der Waals surface area contributed by atoms with Gasteiger partial charge in [0.1, 0.15) is 0 Å². The van der Waals surface area contributed by atoms with E-state index in [-0.39, 0.29) is 16.8 Å². The number of amides is 1. The molecule has 5 nitrogen and oxygen atoms in total. The third kappa shape index (κ3) is 3.34. The minimum Gasteiger partial charge on any atom is -0.370 e. The summed E-state index contributed by atoms with van der Waals surface area (Å²) in [7, 11) is 0. The van der Waals surface area contributed by atoms with Crippen LogP contribution in [0.4, 0.5) is 13.2 Å². The summed E-state index contributed by atoms with van der Waals surface area (Å²) in [6, 6.07) is 12.9. The van der Waals surface area contributed by atoms with Crippen molar-refractivity contribution in [3.05, 3.63) is 65.7 Å². The second kappa shape index (κ2) is 6.47. The zero-order chi connectivity index (χ0) is 18.9. The van der Waals surface area contributed by atoms with Crippen LogP contribution in [-0.2, 0) is 6.18 Å². The average molecular weight is 358 g/mol. The Morgan fingerprint density at radius 3 is 2.35 bits per heavy atom. The average Bonchev–Trinajstić information content (AvgIpc) is 2.59. The Balaban J connectivity index is 2.30. The van der Waals surface area contributed by atoms with E-state index < -0.39 is 23.6 Å². The van der Waals surface area contributed by atoms with Crippen molar-refractivity contribution < 1.29 is 18.0 Å². The number of carbonyl (C=O) groups excluding carboxylic acids is 1. The summed E-state index contributed by atoms with van der Waals surface area (Å²) in [6.07, 6.45) is -4.56. The van der Waals surface area contributed by atoms with Crippen LogP contribution in [0.3, 0.4) is 0 Å². The van der Waals surface area contributed by atoms with Crippen molar-refractivity contribution in [3.63, 3.8) is 0 Å². The normalized spacial score (nSPS) is 11.3. The first-order chi connectivity index (χ1) is 12.3. The zero-order valence-corrected chi connectivity index (χ0v) is 13.3. The maximum Gasteiger partial charge on any atom is 0.417 e. The molecule has 2 aromatic carbocycles. The van der Waals surface area contributed by atoms with E-state index in [0.717, 1.165) is 6.07 Å². The van der Waals surface area contributed by atoms with E-state index in [1.165, 1.54) is 24.3 Å². The van der Waals surface area contributed by atoms with Gasteiger partial charge < -0.3 is 11.5 Å². The van der Waals surface area contributed by atoms with Gasteiger partial charge in [-0.1, -0.05) is 36.4 Å². The van der Waals surface area contributed by atoms with Crippen LogP contribution in [0.1, 0.15) is 15.9 Å². The van der Waals surface area contributed by atoms with E-state index in [9.17, 15) is 18.0 Å².